The molecule has 4 heteroatoms. The summed E-state index contributed by atoms with van der Waals surface area (Å²) in [6.45, 7) is 5.28. The van der Waals surface area contributed by atoms with Gasteiger partial charge in [0.1, 0.15) is 0 Å². The first kappa shape index (κ1) is 23.2. The van der Waals surface area contributed by atoms with Crippen LogP contribution in [0.2, 0.25) is 0 Å². The lowest BCUT2D eigenvalue weighted by atomic mass is 9.69. The molecule has 31 heavy (non-hydrogen) atoms. The lowest BCUT2D eigenvalue weighted by Crippen LogP contribution is -2.38. The minimum Gasteiger partial charge on any atom is -0.493 e. The number of fused-ring (bicyclic) bond motifs is 1. The van der Waals surface area contributed by atoms with Crippen LogP contribution in [0.15, 0.2) is 42.5 Å². The van der Waals surface area contributed by atoms with Crippen LogP contribution in [-0.4, -0.2) is 38.8 Å². The van der Waals surface area contributed by atoms with E-state index in [-0.39, 0.29) is 5.92 Å². The van der Waals surface area contributed by atoms with E-state index in [1.807, 2.05) is 18.2 Å². The first-order valence-corrected chi connectivity index (χ1v) is 11.4. The molecule has 0 saturated heterocycles. The van der Waals surface area contributed by atoms with Crippen LogP contribution in [0.5, 0.6) is 11.5 Å². The van der Waals surface area contributed by atoms with Gasteiger partial charge in [0, 0.05) is 6.04 Å². The molecule has 0 spiro atoms. The molecule has 0 fully saturated rings. The second kappa shape index (κ2) is 10.2. The van der Waals surface area contributed by atoms with E-state index in [0.29, 0.717) is 17.5 Å². The number of aryl methyl sites for hydroxylation is 1. The van der Waals surface area contributed by atoms with Gasteiger partial charge in [-0.1, -0.05) is 44.2 Å². The van der Waals surface area contributed by atoms with Crippen molar-refractivity contribution in [2.45, 2.75) is 57.4 Å². The summed E-state index contributed by atoms with van der Waals surface area (Å²) in [5, 5.41) is 10.3. The monoisotopic (exact) mass is 420 g/mol. The summed E-state index contributed by atoms with van der Waals surface area (Å²) in [6, 6.07) is 18.0. The Morgan fingerprint density at radius 3 is 2.45 bits per heavy atom. The number of nitrogens with zero attached hydrogens (tertiary/aromatic N) is 2. The predicted molar refractivity (Wildman–Crippen MR) is 126 cm³/mol. The first-order valence-electron chi connectivity index (χ1n) is 11.4. The number of ether oxygens (including phenoxy) is 2. The van der Waals surface area contributed by atoms with Crippen LogP contribution < -0.4 is 9.47 Å². The molecule has 0 N–H and O–H groups in total. The zero-order valence-electron chi connectivity index (χ0n) is 19.6. The number of benzene rings is 2. The van der Waals surface area contributed by atoms with E-state index in [0.717, 1.165) is 37.8 Å². The van der Waals surface area contributed by atoms with Gasteiger partial charge < -0.3 is 14.4 Å². The second-order valence-corrected chi connectivity index (χ2v) is 9.06. The summed E-state index contributed by atoms with van der Waals surface area (Å²) < 4.78 is 10.9. The van der Waals surface area contributed by atoms with Crippen LogP contribution in [0, 0.1) is 17.2 Å². The summed E-state index contributed by atoms with van der Waals surface area (Å²) in [5.74, 6) is 1.57. The lowest BCUT2D eigenvalue weighted by molar-refractivity contribution is 0.209. The third kappa shape index (κ3) is 4.88. The summed E-state index contributed by atoms with van der Waals surface area (Å²) in [6.07, 6.45) is 5.29. The maximum atomic E-state index is 10.3. The van der Waals surface area contributed by atoms with Gasteiger partial charge in [0.25, 0.3) is 0 Å². The number of hydrogen-bond acceptors (Lipinski definition) is 4. The van der Waals surface area contributed by atoms with Gasteiger partial charge >= 0.3 is 0 Å². The van der Waals surface area contributed by atoms with Gasteiger partial charge in [-0.05, 0) is 80.4 Å². The molecule has 0 amide bonds. The molecular weight excluding hydrogens is 384 g/mol. The fraction of sp³-hybridized carbons (Fsp3) is 0.519. The van der Waals surface area contributed by atoms with Crippen molar-refractivity contribution in [1.29, 1.82) is 5.26 Å². The van der Waals surface area contributed by atoms with Crippen LogP contribution in [0.1, 0.15) is 49.8 Å². The highest BCUT2D eigenvalue weighted by molar-refractivity contribution is 5.47. The molecule has 2 unspecified atom stereocenters. The Kier molecular flexibility index (Phi) is 7.62. The molecule has 0 heterocycles. The van der Waals surface area contributed by atoms with Crippen molar-refractivity contribution in [2.24, 2.45) is 5.92 Å². The summed E-state index contributed by atoms with van der Waals surface area (Å²) in [7, 11) is 5.51. The van der Waals surface area contributed by atoms with Gasteiger partial charge in [0.15, 0.2) is 11.5 Å². The van der Waals surface area contributed by atoms with E-state index in [2.05, 4.69) is 56.1 Å². The normalized spacial score (nSPS) is 17.7. The van der Waals surface area contributed by atoms with Crippen molar-refractivity contribution in [3.8, 4) is 17.6 Å². The van der Waals surface area contributed by atoms with E-state index in [9.17, 15) is 5.26 Å². The smallest absolute Gasteiger partial charge is 0.161 e. The van der Waals surface area contributed by atoms with E-state index in [1.54, 1.807) is 14.2 Å². The van der Waals surface area contributed by atoms with E-state index >= 15 is 0 Å². The van der Waals surface area contributed by atoms with Crippen LogP contribution in [0.3, 0.4) is 0 Å². The highest BCUT2D eigenvalue weighted by Gasteiger charge is 2.36. The standard InChI is InChI=1S/C27H36N2O2/c1-20(2)27(19-28,23-12-14-25(30-4)26(18-23)31-5)15-8-16-29(3)24-13-11-21-9-6-7-10-22(21)17-24/h6-7,9-10,12,14,18,20,24H,8,11,13,15-17H2,1-5H3. The molecule has 1 aliphatic carbocycles. The minimum absolute atomic E-state index is 0.197. The highest BCUT2D eigenvalue weighted by atomic mass is 16.5. The Bertz CT molecular complexity index is 918. The summed E-state index contributed by atoms with van der Waals surface area (Å²) in [4.78, 5) is 2.49. The minimum atomic E-state index is -0.542. The Labute approximate surface area is 187 Å². The van der Waals surface area contributed by atoms with Crippen molar-refractivity contribution in [3.05, 3.63) is 59.2 Å². The maximum absolute atomic E-state index is 10.3. The van der Waals surface area contributed by atoms with E-state index < -0.39 is 5.41 Å². The van der Waals surface area contributed by atoms with Gasteiger partial charge in [-0.2, -0.15) is 5.26 Å². The molecular formula is C27H36N2O2. The fourth-order valence-corrected chi connectivity index (χ4v) is 4.97. The average molecular weight is 421 g/mol. The lowest BCUT2D eigenvalue weighted by Gasteiger charge is -2.35. The van der Waals surface area contributed by atoms with Crippen molar-refractivity contribution in [3.63, 3.8) is 0 Å². The number of nitriles is 1. The Morgan fingerprint density at radius 2 is 1.81 bits per heavy atom. The molecule has 0 aliphatic heterocycles. The van der Waals surface area contributed by atoms with Gasteiger partial charge in [0.05, 0.1) is 25.7 Å². The van der Waals surface area contributed by atoms with Crippen LogP contribution in [0.4, 0.5) is 0 Å². The first-order chi connectivity index (χ1) is 14.9. The number of hydrogen-bond donors (Lipinski definition) is 0. The van der Waals surface area contributed by atoms with Gasteiger partial charge in [-0.3, -0.25) is 0 Å². The molecule has 0 saturated carbocycles. The quantitative estimate of drug-likeness (QED) is 0.546. The van der Waals surface area contributed by atoms with Crippen molar-refractivity contribution >= 4 is 0 Å². The fourth-order valence-electron chi connectivity index (χ4n) is 4.97. The molecule has 0 radical (unpaired) electrons. The number of likely N-dealkylation sites (N-methyl/N-ethyl adjacent to an activating group) is 1. The van der Waals surface area contributed by atoms with E-state index in [4.69, 9.17) is 9.47 Å². The summed E-state index contributed by atoms with van der Waals surface area (Å²) in [5.41, 5.74) is 3.46. The zero-order chi connectivity index (χ0) is 22.4. The average Bonchev–Trinajstić information content (AvgIpc) is 2.80. The van der Waals surface area contributed by atoms with E-state index in [1.165, 1.54) is 17.5 Å². The third-order valence-corrected chi connectivity index (χ3v) is 7.11. The predicted octanol–water partition coefficient (Wildman–Crippen LogP) is 5.39. The van der Waals surface area contributed by atoms with Gasteiger partial charge in [-0.25, -0.2) is 0 Å². The van der Waals surface area contributed by atoms with Crippen LogP contribution in [-0.2, 0) is 18.3 Å². The van der Waals surface area contributed by atoms with Crippen molar-refractivity contribution in [1.82, 2.24) is 4.90 Å². The maximum Gasteiger partial charge on any atom is 0.161 e. The Balaban J connectivity index is 1.69. The molecule has 1 aliphatic rings. The highest BCUT2D eigenvalue weighted by Crippen LogP contribution is 2.40. The van der Waals surface area contributed by atoms with Crippen molar-refractivity contribution in [2.75, 3.05) is 27.8 Å². The molecule has 3 rings (SSSR count). The molecule has 4 nitrogen and oxygen atoms in total. The summed E-state index contributed by atoms with van der Waals surface area (Å²) >= 11 is 0. The zero-order valence-corrected chi connectivity index (χ0v) is 19.6. The number of methoxy groups -OCH3 is 2. The SMILES string of the molecule is COc1ccc(C(C#N)(CCCN(C)C2CCc3ccccc3C2)C(C)C)cc1OC. The Morgan fingerprint density at radius 1 is 1.10 bits per heavy atom. The topological polar surface area (TPSA) is 45.5 Å². The third-order valence-electron chi connectivity index (χ3n) is 7.11. The Hall–Kier alpha value is -2.51. The molecule has 2 atom stereocenters. The molecule has 0 aromatic heterocycles. The molecule has 2 aromatic carbocycles. The van der Waals surface area contributed by atoms with Crippen LogP contribution in [0.25, 0.3) is 0 Å². The van der Waals surface area contributed by atoms with Crippen LogP contribution >= 0.6 is 0 Å². The second-order valence-electron chi connectivity index (χ2n) is 9.06. The molecule has 0 bridgehead atoms. The van der Waals surface area contributed by atoms with Gasteiger partial charge in [-0.15, -0.1) is 0 Å². The molecule has 166 valence electrons. The largest absolute Gasteiger partial charge is 0.493 e. The molecule has 2 aromatic rings. The van der Waals surface area contributed by atoms with Gasteiger partial charge in [0.2, 0.25) is 0 Å². The number of rotatable bonds is 9. The van der Waals surface area contributed by atoms with Crippen molar-refractivity contribution < 1.29 is 9.47 Å².